The van der Waals surface area contributed by atoms with Crippen LogP contribution in [0.25, 0.3) is 0 Å². The first kappa shape index (κ1) is 16.8. The van der Waals surface area contributed by atoms with Crippen LogP contribution in [-0.4, -0.2) is 51.7 Å². The molecular formula is C13H29NO3. The molecule has 0 rings (SSSR count). The van der Waals surface area contributed by atoms with Crippen molar-refractivity contribution in [3.05, 3.63) is 0 Å². The molecule has 0 aliphatic carbocycles. The molecule has 0 aromatic carbocycles. The largest absolute Gasteiger partial charge is 0.385 e. The zero-order chi connectivity index (χ0) is 13.1. The van der Waals surface area contributed by atoms with Crippen molar-refractivity contribution < 1.29 is 14.2 Å². The number of rotatable bonds is 10. The molecule has 0 saturated heterocycles. The molecular weight excluding hydrogens is 218 g/mol. The summed E-state index contributed by atoms with van der Waals surface area (Å²) in [5.41, 5.74) is 0.147. The Hall–Kier alpha value is -0.160. The van der Waals surface area contributed by atoms with E-state index in [1.165, 1.54) is 0 Å². The topological polar surface area (TPSA) is 39.7 Å². The third-order valence-electron chi connectivity index (χ3n) is 2.19. The van der Waals surface area contributed by atoms with E-state index < -0.39 is 0 Å². The van der Waals surface area contributed by atoms with Crippen molar-refractivity contribution in [3.63, 3.8) is 0 Å². The first-order valence-electron chi connectivity index (χ1n) is 6.39. The molecule has 0 aliphatic heterocycles. The molecule has 104 valence electrons. The molecule has 17 heavy (non-hydrogen) atoms. The summed E-state index contributed by atoms with van der Waals surface area (Å²) in [7, 11) is 1.70. The fraction of sp³-hybridized carbons (Fsp3) is 1.00. The lowest BCUT2D eigenvalue weighted by molar-refractivity contribution is 0.00700. The monoisotopic (exact) mass is 247 g/mol. The fourth-order valence-electron chi connectivity index (χ4n) is 1.22. The van der Waals surface area contributed by atoms with Crippen molar-refractivity contribution in [2.24, 2.45) is 0 Å². The van der Waals surface area contributed by atoms with E-state index in [0.29, 0.717) is 13.2 Å². The molecule has 0 fully saturated rings. The Balaban J connectivity index is 3.25. The standard InChI is InChI=1S/C13H29NO3/c1-12(11-14-13(2,3)4)17-10-9-16-8-6-7-15-5/h12,14H,6-11H2,1-5H3. The van der Waals surface area contributed by atoms with Crippen LogP contribution in [0, 0.1) is 0 Å². The van der Waals surface area contributed by atoms with E-state index in [1.54, 1.807) is 7.11 Å². The van der Waals surface area contributed by atoms with Crippen LogP contribution in [-0.2, 0) is 14.2 Å². The summed E-state index contributed by atoms with van der Waals surface area (Å²) in [5.74, 6) is 0. The van der Waals surface area contributed by atoms with Gasteiger partial charge in [-0.15, -0.1) is 0 Å². The van der Waals surface area contributed by atoms with Gasteiger partial charge < -0.3 is 19.5 Å². The highest BCUT2D eigenvalue weighted by molar-refractivity contribution is 4.71. The van der Waals surface area contributed by atoms with Gasteiger partial charge in [-0.3, -0.25) is 0 Å². The summed E-state index contributed by atoms with van der Waals surface area (Å²) in [5, 5.41) is 3.41. The number of methoxy groups -OCH3 is 1. The predicted octanol–water partition coefficient (Wildman–Crippen LogP) is 1.83. The van der Waals surface area contributed by atoms with Gasteiger partial charge in [0.25, 0.3) is 0 Å². The Bertz CT molecular complexity index is 169. The van der Waals surface area contributed by atoms with Crippen molar-refractivity contribution >= 4 is 0 Å². The van der Waals surface area contributed by atoms with Gasteiger partial charge in [-0.05, 0) is 34.1 Å². The molecule has 0 aromatic rings. The Morgan fingerprint density at radius 3 is 2.35 bits per heavy atom. The summed E-state index contributed by atoms with van der Waals surface area (Å²) in [4.78, 5) is 0. The van der Waals surface area contributed by atoms with E-state index in [-0.39, 0.29) is 11.6 Å². The van der Waals surface area contributed by atoms with E-state index in [9.17, 15) is 0 Å². The number of ether oxygens (including phenoxy) is 3. The lowest BCUT2D eigenvalue weighted by Crippen LogP contribution is -2.41. The van der Waals surface area contributed by atoms with E-state index in [2.05, 4.69) is 33.0 Å². The van der Waals surface area contributed by atoms with Gasteiger partial charge in [-0.1, -0.05) is 0 Å². The van der Waals surface area contributed by atoms with Gasteiger partial charge in [-0.25, -0.2) is 0 Å². The molecule has 0 heterocycles. The van der Waals surface area contributed by atoms with Crippen LogP contribution in [0.15, 0.2) is 0 Å². The van der Waals surface area contributed by atoms with Gasteiger partial charge in [0, 0.05) is 32.4 Å². The van der Waals surface area contributed by atoms with Crippen molar-refractivity contribution in [2.75, 3.05) is 40.1 Å². The van der Waals surface area contributed by atoms with Crippen LogP contribution in [0.5, 0.6) is 0 Å². The Morgan fingerprint density at radius 2 is 1.76 bits per heavy atom. The zero-order valence-corrected chi connectivity index (χ0v) is 12.0. The zero-order valence-electron chi connectivity index (χ0n) is 12.0. The Morgan fingerprint density at radius 1 is 1.06 bits per heavy atom. The smallest absolute Gasteiger partial charge is 0.0704 e. The maximum atomic E-state index is 5.63. The maximum absolute atomic E-state index is 5.63. The average molecular weight is 247 g/mol. The second-order valence-electron chi connectivity index (χ2n) is 5.27. The second kappa shape index (κ2) is 9.83. The van der Waals surface area contributed by atoms with E-state index in [4.69, 9.17) is 14.2 Å². The summed E-state index contributed by atoms with van der Waals surface area (Å²) >= 11 is 0. The van der Waals surface area contributed by atoms with Gasteiger partial charge >= 0.3 is 0 Å². The third kappa shape index (κ3) is 13.8. The van der Waals surface area contributed by atoms with Gasteiger partial charge in [0.2, 0.25) is 0 Å². The molecule has 4 nitrogen and oxygen atoms in total. The molecule has 1 atom stereocenters. The fourth-order valence-corrected chi connectivity index (χ4v) is 1.22. The van der Waals surface area contributed by atoms with Crippen LogP contribution in [0.4, 0.5) is 0 Å². The van der Waals surface area contributed by atoms with Crippen LogP contribution in [0.3, 0.4) is 0 Å². The molecule has 0 radical (unpaired) electrons. The molecule has 4 heteroatoms. The first-order chi connectivity index (χ1) is 7.95. The summed E-state index contributed by atoms with van der Waals surface area (Å²) in [6.45, 7) is 12.2. The van der Waals surface area contributed by atoms with Crippen molar-refractivity contribution in [1.82, 2.24) is 5.32 Å². The van der Waals surface area contributed by atoms with Crippen molar-refractivity contribution in [2.45, 2.75) is 45.8 Å². The number of nitrogens with one attached hydrogen (secondary N) is 1. The summed E-state index contributed by atoms with van der Waals surface area (Å²) < 4.78 is 16.0. The molecule has 0 amide bonds. The molecule has 0 aromatic heterocycles. The van der Waals surface area contributed by atoms with Crippen molar-refractivity contribution in [3.8, 4) is 0 Å². The first-order valence-corrected chi connectivity index (χ1v) is 6.39. The van der Waals surface area contributed by atoms with Crippen LogP contribution >= 0.6 is 0 Å². The van der Waals surface area contributed by atoms with Crippen LogP contribution in [0.2, 0.25) is 0 Å². The van der Waals surface area contributed by atoms with Crippen molar-refractivity contribution in [1.29, 1.82) is 0 Å². The Kier molecular flexibility index (Phi) is 9.74. The summed E-state index contributed by atoms with van der Waals surface area (Å²) in [6.07, 6.45) is 1.16. The molecule has 0 saturated carbocycles. The normalized spacial score (nSPS) is 13.9. The van der Waals surface area contributed by atoms with Crippen LogP contribution in [0.1, 0.15) is 34.1 Å². The highest BCUT2D eigenvalue weighted by atomic mass is 16.5. The highest BCUT2D eigenvalue weighted by Crippen LogP contribution is 1.99. The molecule has 0 bridgehead atoms. The lowest BCUT2D eigenvalue weighted by Gasteiger charge is -2.23. The predicted molar refractivity (Wildman–Crippen MR) is 70.5 cm³/mol. The van der Waals surface area contributed by atoms with Gasteiger partial charge in [0.15, 0.2) is 0 Å². The molecule has 1 unspecified atom stereocenters. The van der Waals surface area contributed by atoms with Gasteiger partial charge in [-0.2, -0.15) is 0 Å². The van der Waals surface area contributed by atoms with Gasteiger partial charge in [0.05, 0.1) is 19.3 Å². The lowest BCUT2D eigenvalue weighted by atomic mass is 10.1. The van der Waals surface area contributed by atoms with Gasteiger partial charge in [0.1, 0.15) is 0 Å². The minimum Gasteiger partial charge on any atom is -0.385 e. The average Bonchev–Trinajstić information content (AvgIpc) is 2.24. The Labute approximate surface area is 106 Å². The molecule has 0 spiro atoms. The third-order valence-corrected chi connectivity index (χ3v) is 2.19. The van der Waals surface area contributed by atoms with E-state index >= 15 is 0 Å². The number of hydrogen-bond acceptors (Lipinski definition) is 4. The second-order valence-corrected chi connectivity index (χ2v) is 5.27. The minimum absolute atomic E-state index is 0.147. The molecule has 0 aliphatic rings. The van der Waals surface area contributed by atoms with E-state index in [1.807, 2.05) is 0 Å². The highest BCUT2D eigenvalue weighted by Gasteiger charge is 2.10. The maximum Gasteiger partial charge on any atom is 0.0704 e. The quantitative estimate of drug-likeness (QED) is 0.598. The summed E-state index contributed by atoms with van der Waals surface area (Å²) in [6, 6.07) is 0. The minimum atomic E-state index is 0.147. The van der Waals surface area contributed by atoms with Crippen LogP contribution < -0.4 is 5.32 Å². The SMILES string of the molecule is COCCCOCCOC(C)CNC(C)(C)C. The van der Waals surface area contributed by atoms with E-state index in [0.717, 1.165) is 26.2 Å². The molecule has 1 N–H and O–H groups in total. The number of hydrogen-bond donors (Lipinski definition) is 1.